The van der Waals surface area contributed by atoms with Gasteiger partial charge in [0.1, 0.15) is 0 Å². The molecule has 0 atom stereocenters. The fraction of sp³-hybridized carbons (Fsp3) is 0.500. The van der Waals surface area contributed by atoms with E-state index in [1.54, 1.807) is 13.3 Å². The number of rotatable bonds is 8. The average Bonchev–Trinajstić information content (AvgIpc) is 3.33. The Morgan fingerprint density at radius 3 is 2.90 bits per heavy atom. The molecule has 5 nitrogen and oxygen atoms in total. The minimum atomic E-state index is -0.00210. The van der Waals surface area contributed by atoms with E-state index in [0.29, 0.717) is 12.4 Å². The topological polar surface area (TPSA) is 59.9 Å². The zero-order chi connectivity index (χ0) is 15.1. The molecule has 1 aromatic carbocycles. The highest BCUT2D eigenvalue weighted by molar-refractivity contribution is 5.84. The third-order valence-corrected chi connectivity index (χ3v) is 3.28. The van der Waals surface area contributed by atoms with Crippen LogP contribution in [-0.4, -0.2) is 25.8 Å². The third kappa shape index (κ3) is 4.77. The van der Waals surface area contributed by atoms with Gasteiger partial charge in [0.15, 0.2) is 11.5 Å². The number of nitrogens with one attached hydrogen (secondary N) is 1. The van der Waals surface area contributed by atoms with Crippen LogP contribution in [0, 0.1) is 5.92 Å². The number of ether oxygens (including phenoxy) is 2. The van der Waals surface area contributed by atoms with Crippen molar-refractivity contribution < 1.29 is 14.3 Å². The van der Waals surface area contributed by atoms with Gasteiger partial charge in [0, 0.05) is 5.92 Å². The lowest BCUT2D eigenvalue weighted by Gasteiger charge is -2.10. The number of carbonyl (C=O) groups excluding carboxylic acids is 1. The van der Waals surface area contributed by atoms with Crippen molar-refractivity contribution in [2.45, 2.75) is 32.6 Å². The summed E-state index contributed by atoms with van der Waals surface area (Å²) in [6.07, 6.45) is 5.66. The largest absolute Gasteiger partial charge is 0.493 e. The molecule has 0 radical (unpaired) electrons. The fourth-order valence-corrected chi connectivity index (χ4v) is 1.82. The van der Waals surface area contributed by atoms with Crippen LogP contribution in [0.1, 0.15) is 38.2 Å². The molecule has 0 bridgehead atoms. The number of benzene rings is 1. The number of hydrogen-bond donors (Lipinski definition) is 1. The maximum Gasteiger partial charge on any atom is 0.243 e. The van der Waals surface area contributed by atoms with E-state index in [9.17, 15) is 4.79 Å². The van der Waals surface area contributed by atoms with Gasteiger partial charge in [-0.15, -0.1) is 0 Å². The maximum atomic E-state index is 11.4. The second-order valence-corrected chi connectivity index (χ2v) is 5.12. The standard InChI is InChI=1S/C16H22N2O3/c1-3-4-9-21-14-8-5-12(10-15(14)20-2)11-17-18-16(19)13-6-7-13/h5,8,10-11,13H,3-4,6-7,9H2,1-2H3,(H,18,19)/b17-11+. The van der Waals surface area contributed by atoms with Gasteiger partial charge >= 0.3 is 0 Å². The van der Waals surface area contributed by atoms with Gasteiger partial charge in [-0.05, 0) is 43.0 Å². The van der Waals surface area contributed by atoms with Crippen LogP contribution in [-0.2, 0) is 4.79 Å². The van der Waals surface area contributed by atoms with E-state index in [4.69, 9.17) is 9.47 Å². The zero-order valence-corrected chi connectivity index (χ0v) is 12.6. The molecule has 0 aromatic heterocycles. The van der Waals surface area contributed by atoms with E-state index >= 15 is 0 Å². The fourth-order valence-electron chi connectivity index (χ4n) is 1.82. The minimum absolute atomic E-state index is 0.00210. The number of hydrogen-bond acceptors (Lipinski definition) is 4. The Hall–Kier alpha value is -2.04. The highest BCUT2D eigenvalue weighted by Gasteiger charge is 2.29. The summed E-state index contributed by atoms with van der Waals surface area (Å²) in [6.45, 7) is 2.80. The lowest BCUT2D eigenvalue weighted by molar-refractivity contribution is -0.122. The van der Waals surface area contributed by atoms with Crippen molar-refractivity contribution in [1.82, 2.24) is 5.43 Å². The summed E-state index contributed by atoms with van der Waals surface area (Å²) >= 11 is 0. The highest BCUT2D eigenvalue weighted by atomic mass is 16.5. The van der Waals surface area contributed by atoms with Crippen LogP contribution in [0.4, 0.5) is 0 Å². The molecule has 1 aromatic rings. The van der Waals surface area contributed by atoms with Crippen LogP contribution in [0.15, 0.2) is 23.3 Å². The Bertz CT molecular complexity index is 510. The van der Waals surface area contributed by atoms with Gasteiger partial charge in [0.2, 0.25) is 5.91 Å². The first-order valence-electron chi connectivity index (χ1n) is 7.38. The highest BCUT2D eigenvalue weighted by Crippen LogP contribution is 2.29. The van der Waals surface area contributed by atoms with Crippen molar-refractivity contribution in [3.05, 3.63) is 23.8 Å². The number of hydrazone groups is 1. The molecule has 1 saturated carbocycles. The Balaban J connectivity index is 1.93. The van der Waals surface area contributed by atoms with Gasteiger partial charge in [-0.1, -0.05) is 13.3 Å². The van der Waals surface area contributed by atoms with Gasteiger partial charge in [-0.2, -0.15) is 5.10 Å². The van der Waals surface area contributed by atoms with E-state index in [2.05, 4.69) is 17.5 Å². The average molecular weight is 290 g/mol. The molecule has 0 saturated heterocycles. The molecule has 1 fully saturated rings. The zero-order valence-electron chi connectivity index (χ0n) is 12.6. The maximum absolute atomic E-state index is 11.4. The number of carbonyl (C=O) groups is 1. The van der Waals surface area contributed by atoms with Crippen LogP contribution < -0.4 is 14.9 Å². The number of unbranched alkanes of at least 4 members (excludes halogenated alkanes) is 1. The third-order valence-electron chi connectivity index (χ3n) is 3.28. The molecule has 0 aliphatic heterocycles. The number of nitrogens with zero attached hydrogens (tertiary/aromatic N) is 1. The quantitative estimate of drug-likeness (QED) is 0.455. The van der Waals surface area contributed by atoms with Crippen LogP contribution in [0.2, 0.25) is 0 Å². The number of amides is 1. The predicted molar refractivity (Wildman–Crippen MR) is 81.9 cm³/mol. The van der Waals surface area contributed by atoms with Gasteiger partial charge in [-0.3, -0.25) is 4.79 Å². The summed E-state index contributed by atoms with van der Waals surface area (Å²) < 4.78 is 11.0. The van der Waals surface area contributed by atoms with Crippen LogP contribution >= 0.6 is 0 Å². The molecule has 1 amide bonds. The Kier molecular flexibility index (Phi) is 5.60. The van der Waals surface area contributed by atoms with Crippen LogP contribution in [0.5, 0.6) is 11.5 Å². The van der Waals surface area contributed by atoms with Crippen molar-refractivity contribution in [3.63, 3.8) is 0 Å². The Morgan fingerprint density at radius 2 is 2.24 bits per heavy atom. The molecule has 0 unspecified atom stereocenters. The number of methoxy groups -OCH3 is 1. The lowest BCUT2D eigenvalue weighted by Crippen LogP contribution is -2.18. The smallest absolute Gasteiger partial charge is 0.243 e. The molecule has 114 valence electrons. The van der Waals surface area contributed by atoms with Crippen LogP contribution in [0.25, 0.3) is 0 Å². The molecule has 1 N–H and O–H groups in total. The molecule has 1 aliphatic rings. The molecule has 5 heteroatoms. The minimum Gasteiger partial charge on any atom is -0.493 e. The van der Waals surface area contributed by atoms with Crippen molar-refractivity contribution >= 4 is 12.1 Å². The summed E-state index contributed by atoms with van der Waals surface area (Å²) in [5.74, 6) is 1.55. The van der Waals surface area contributed by atoms with Crippen molar-refractivity contribution in [2.24, 2.45) is 11.0 Å². The van der Waals surface area contributed by atoms with E-state index in [-0.39, 0.29) is 11.8 Å². The first kappa shape index (κ1) is 15.4. The summed E-state index contributed by atoms with van der Waals surface area (Å²) in [7, 11) is 1.61. The molecule has 1 aliphatic carbocycles. The van der Waals surface area contributed by atoms with Crippen molar-refractivity contribution in [1.29, 1.82) is 0 Å². The molecule has 21 heavy (non-hydrogen) atoms. The van der Waals surface area contributed by atoms with Gasteiger partial charge < -0.3 is 9.47 Å². The van der Waals surface area contributed by atoms with Crippen molar-refractivity contribution in [2.75, 3.05) is 13.7 Å². The van der Waals surface area contributed by atoms with Gasteiger partial charge in [0.05, 0.1) is 19.9 Å². The van der Waals surface area contributed by atoms with Gasteiger partial charge in [0.25, 0.3) is 0 Å². The predicted octanol–water partition coefficient (Wildman–Crippen LogP) is 2.73. The first-order valence-corrected chi connectivity index (χ1v) is 7.38. The summed E-state index contributed by atoms with van der Waals surface area (Å²) in [5, 5.41) is 3.96. The Morgan fingerprint density at radius 1 is 1.43 bits per heavy atom. The first-order chi connectivity index (χ1) is 10.2. The lowest BCUT2D eigenvalue weighted by atomic mass is 10.2. The molecule has 0 heterocycles. The van der Waals surface area contributed by atoms with E-state index in [1.807, 2.05) is 18.2 Å². The monoisotopic (exact) mass is 290 g/mol. The SMILES string of the molecule is CCCCOc1ccc(/C=N/NC(=O)C2CC2)cc1OC. The van der Waals surface area contributed by atoms with E-state index in [0.717, 1.165) is 37.0 Å². The second kappa shape index (κ2) is 7.67. The normalized spacial score (nSPS) is 14.2. The van der Waals surface area contributed by atoms with Gasteiger partial charge in [-0.25, -0.2) is 5.43 Å². The molecular formula is C16H22N2O3. The molecule has 0 spiro atoms. The van der Waals surface area contributed by atoms with Crippen LogP contribution in [0.3, 0.4) is 0 Å². The van der Waals surface area contributed by atoms with E-state index in [1.165, 1.54) is 0 Å². The van der Waals surface area contributed by atoms with Crippen molar-refractivity contribution in [3.8, 4) is 11.5 Å². The second-order valence-electron chi connectivity index (χ2n) is 5.12. The summed E-state index contributed by atoms with van der Waals surface area (Å²) in [4.78, 5) is 11.4. The molecular weight excluding hydrogens is 268 g/mol. The van der Waals surface area contributed by atoms with E-state index < -0.39 is 0 Å². The summed E-state index contributed by atoms with van der Waals surface area (Å²) in [6, 6.07) is 5.59. The Labute approximate surface area is 125 Å². The molecule has 2 rings (SSSR count). The summed E-state index contributed by atoms with van der Waals surface area (Å²) in [5.41, 5.74) is 3.40.